The number of methoxy groups -OCH3 is 1. The van der Waals surface area contributed by atoms with E-state index in [0.717, 1.165) is 23.2 Å². The molecule has 112 valence electrons. The highest BCUT2D eigenvalue weighted by molar-refractivity contribution is 5.64. The van der Waals surface area contributed by atoms with Crippen LogP contribution in [0.1, 0.15) is 25.3 Å². The summed E-state index contributed by atoms with van der Waals surface area (Å²) in [5.74, 6) is 1.08. The lowest BCUT2D eigenvalue weighted by Gasteiger charge is -2.05. The van der Waals surface area contributed by atoms with E-state index in [2.05, 4.69) is 15.1 Å². The third-order valence-electron chi connectivity index (χ3n) is 3.48. The summed E-state index contributed by atoms with van der Waals surface area (Å²) in [5.41, 5.74) is 2.89. The molecule has 2 heterocycles. The standard InChI is InChI=1S/C17H17N3O2/c1-3-15(21-2)17-19-16(20-22-17)13-9-7-12(8-10-13)14-6-4-5-11-18-14/h4-11,15H,3H2,1-2H3. The molecular weight excluding hydrogens is 278 g/mol. The fraction of sp³-hybridized carbons (Fsp3) is 0.235. The van der Waals surface area contributed by atoms with E-state index in [0.29, 0.717) is 11.7 Å². The van der Waals surface area contributed by atoms with Crippen molar-refractivity contribution in [3.8, 4) is 22.6 Å². The van der Waals surface area contributed by atoms with Crippen molar-refractivity contribution in [1.82, 2.24) is 15.1 Å². The predicted molar refractivity (Wildman–Crippen MR) is 83.0 cm³/mol. The molecule has 22 heavy (non-hydrogen) atoms. The lowest BCUT2D eigenvalue weighted by Crippen LogP contribution is -1.99. The largest absolute Gasteiger partial charge is 0.372 e. The summed E-state index contributed by atoms with van der Waals surface area (Å²) < 4.78 is 10.6. The van der Waals surface area contributed by atoms with Gasteiger partial charge in [-0.2, -0.15) is 4.98 Å². The molecule has 0 aliphatic heterocycles. The Bertz CT molecular complexity index is 719. The van der Waals surface area contributed by atoms with Gasteiger partial charge >= 0.3 is 0 Å². The zero-order valence-electron chi connectivity index (χ0n) is 12.6. The monoisotopic (exact) mass is 295 g/mol. The van der Waals surface area contributed by atoms with Crippen molar-refractivity contribution in [3.05, 3.63) is 54.6 Å². The first kappa shape index (κ1) is 14.4. The molecule has 1 atom stereocenters. The number of hydrogen-bond acceptors (Lipinski definition) is 5. The molecule has 5 heteroatoms. The molecule has 1 aromatic carbocycles. The molecule has 0 fully saturated rings. The molecule has 0 aliphatic carbocycles. The van der Waals surface area contributed by atoms with Crippen LogP contribution in [0.4, 0.5) is 0 Å². The van der Waals surface area contributed by atoms with Crippen LogP contribution in [0, 0.1) is 0 Å². The number of rotatable bonds is 5. The highest BCUT2D eigenvalue weighted by atomic mass is 16.5. The van der Waals surface area contributed by atoms with Crippen molar-refractivity contribution in [1.29, 1.82) is 0 Å². The topological polar surface area (TPSA) is 61.0 Å². The van der Waals surface area contributed by atoms with Gasteiger partial charge in [0.25, 0.3) is 5.89 Å². The Kier molecular flexibility index (Phi) is 4.25. The fourth-order valence-corrected chi connectivity index (χ4v) is 2.25. The average Bonchev–Trinajstić information content (AvgIpc) is 3.07. The van der Waals surface area contributed by atoms with E-state index in [-0.39, 0.29) is 6.10 Å². The molecule has 3 rings (SSSR count). The Labute approximate surface area is 129 Å². The predicted octanol–water partition coefficient (Wildman–Crippen LogP) is 3.90. The molecule has 0 saturated carbocycles. The smallest absolute Gasteiger partial charge is 0.256 e. The van der Waals surface area contributed by atoms with Crippen molar-refractivity contribution in [2.45, 2.75) is 19.4 Å². The Morgan fingerprint density at radius 2 is 1.86 bits per heavy atom. The molecule has 0 amide bonds. The van der Waals surface area contributed by atoms with Crippen LogP contribution >= 0.6 is 0 Å². The summed E-state index contributed by atoms with van der Waals surface area (Å²) in [7, 11) is 1.64. The Morgan fingerprint density at radius 1 is 1.09 bits per heavy atom. The zero-order chi connectivity index (χ0) is 15.4. The van der Waals surface area contributed by atoms with Crippen LogP contribution in [0.2, 0.25) is 0 Å². The maximum atomic E-state index is 5.31. The quantitative estimate of drug-likeness (QED) is 0.714. The first-order valence-corrected chi connectivity index (χ1v) is 7.20. The van der Waals surface area contributed by atoms with Gasteiger partial charge in [-0.25, -0.2) is 0 Å². The highest BCUT2D eigenvalue weighted by Crippen LogP contribution is 2.24. The Balaban J connectivity index is 1.84. The van der Waals surface area contributed by atoms with Gasteiger partial charge in [-0.15, -0.1) is 0 Å². The van der Waals surface area contributed by atoms with Gasteiger partial charge in [-0.3, -0.25) is 4.98 Å². The Morgan fingerprint density at radius 3 is 2.50 bits per heavy atom. The van der Waals surface area contributed by atoms with Crippen molar-refractivity contribution in [3.63, 3.8) is 0 Å². The lowest BCUT2D eigenvalue weighted by atomic mass is 10.1. The van der Waals surface area contributed by atoms with Crippen LogP contribution in [0.25, 0.3) is 22.6 Å². The van der Waals surface area contributed by atoms with Crippen LogP contribution in [0.3, 0.4) is 0 Å². The van der Waals surface area contributed by atoms with Gasteiger partial charge in [0.05, 0.1) is 5.69 Å². The van der Waals surface area contributed by atoms with Gasteiger partial charge in [0.1, 0.15) is 6.10 Å². The maximum absolute atomic E-state index is 5.31. The third kappa shape index (κ3) is 2.89. The summed E-state index contributed by atoms with van der Waals surface area (Å²) in [5, 5.41) is 4.02. The van der Waals surface area contributed by atoms with E-state index in [1.54, 1.807) is 13.3 Å². The highest BCUT2D eigenvalue weighted by Gasteiger charge is 2.17. The van der Waals surface area contributed by atoms with E-state index >= 15 is 0 Å². The van der Waals surface area contributed by atoms with Crippen LogP contribution in [0.5, 0.6) is 0 Å². The van der Waals surface area contributed by atoms with Crippen molar-refractivity contribution >= 4 is 0 Å². The summed E-state index contributed by atoms with van der Waals surface area (Å²) in [6, 6.07) is 13.8. The molecule has 3 aromatic rings. The average molecular weight is 295 g/mol. The summed E-state index contributed by atoms with van der Waals surface area (Å²) >= 11 is 0. The van der Waals surface area contributed by atoms with Gasteiger partial charge in [-0.1, -0.05) is 42.4 Å². The minimum Gasteiger partial charge on any atom is -0.372 e. The van der Waals surface area contributed by atoms with Crippen molar-refractivity contribution in [2.75, 3.05) is 7.11 Å². The number of hydrogen-bond donors (Lipinski definition) is 0. The molecule has 1 unspecified atom stereocenters. The van der Waals surface area contributed by atoms with Gasteiger partial charge in [-0.05, 0) is 18.6 Å². The fourth-order valence-electron chi connectivity index (χ4n) is 2.25. The van der Waals surface area contributed by atoms with Crippen LogP contribution in [-0.4, -0.2) is 22.2 Å². The molecule has 0 aliphatic rings. The molecular formula is C17H17N3O2. The normalized spacial score (nSPS) is 12.3. The minimum absolute atomic E-state index is 0.158. The number of benzene rings is 1. The SMILES string of the molecule is CCC(OC)c1nc(-c2ccc(-c3ccccn3)cc2)no1. The first-order chi connectivity index (χ1) is 10.8. The molecule has 0 bridgehead atoms. The van der Waals surface area contributed by atoms with E-state index in [1.165, 1.54) is 0 Å². The van der Waals surface area contributed by atoms with Gasteiger partial charge in [0.15, 0.2) is 0 Å². The number of nitrogens with zero attached hydrogens (tertiary/aromatic N) is 3. The van der Waals surface area contributed by atoms with Crippen LogP contribution in [0.15, 0.2) is 53.2 Å². The number of pyridine rings is 1. The second-order valence-corrected chi connectivity index (χ2v) is 4.88. The molecule has 0 N–H and O–H groups in total. The second-order valence-electron chi connectivity index (χ2n) is 4.88. The molecule has 5 nitrogen and oxygen atoms in total. The third-order valence-corrected chi connectivity index (χ3v) is 3.48. The molecule has 0 spiro atoms. The number of ether oxygens (including phenoxy) is 1. The van der Waals surface area contributed by atoms with Gasteiger partial charge in [0, 0.05) is 24.4 Å². The summed E-state index contributed by atoms with van der Waals surface area (Å²) in [6.45, 7) is 2.01. The molecule has 0 radical (unpaired) electrons. The van der Waals surface area contributed by atoms with Crippen LogP contribution in [-0.2, 0) is 4.74 Å². The van der Waals surface area contributed by atoms with Crippen molar-refractivity contribution < 1.29 is 9.26 Å². The molecule has 2 aromatic heterocycles. The van der Waals surface area contributed by atoms with E-state index < -0.39 is 0 Å². The first-order valence-electron chi connectivity index (χ1n) is 7.20. The number of aromatic nitrogens is 3. The minimum atomic E-state index is -0.158. The van der Waals surface area contributed by atoms with E-state index in [9.17, 15) is 0 Å². The summed E-state index contributed by atoms with van der Waals surface area (Å²) in [6.07, 6.45) is 2.41. The molecule has 0 saturated heterocycles. The second kappa shape index (κ2) is 6.49. The maximum Gasteiger partial charge on any atom is 0.256 e. The lowest BCUT2D eigenvalue weighted by molar-refractivity contribution is 0.0706. The zero-order valence-corrected chi connectivity index (χ0v) is 12.6. The van der Waals surface area contributed by atoms with Gasteiger partial charge in [0.2, 0.25) is 5.82 Å². The Hall–Kier alpha value is -2.53. The summed E-state index contributed by atoms with van der Waals surface area (Å²) in [4.78, 5) is 8.74. The van der Waals surface area contributed by atoms with E-state index in [4.69, 9.17) is 9.26 Å². The van der Waals surface area contributed by atoms with Crippen molar-refractivity contribution in [2.24, 2.45) is 0 Å². The van der Waals surface area contributed by atoms with Crippen LogP contribution < -0.4 is 0 Å². The van der Waals surface area contributed by atoms with E-state index in [1.807, 2.05) is 49.4 Å². The van der Waals surface area contributed by atoms with Gasteiger partial charge < -0.3 is 9.26 Å².